The predicted octanol–water partition coefficient (Wildman–Crippen LogP) is 5.95. The van der Waals surface area contributed by atoms with E-state index in [0.29, 0.717) is 48.5 Å². The zero-order valence-corrected chi connectivity index (χ0v) is 20.0. The van der Waals surface area contributed by atoms with E-state index in [1.54, 1.807) is 12.1 Å². The molecule has 1 aliphatic heterocycles. The van der Waals surface area contributed by atoms with Crippen molar-refractivity contribution in [2.75, 3.05) is 41.3 Å². The Morgan fingerprint density at radius 2 is 1.56 bits per heavy atom. The van der Waals surface area contributed by atoms with Crippen LogP contribution in [-0.2, 0) is 0 Å². The summed E-state index contributed by atoms with van der Waals surface area (Å²) in [6, 6.07) is 19.9. The van der Waals surface area contributed by atoms with Gasteiger partial charge in [0.2, 0.25) is 0 Å². The number of nitrogens with one attached hydrogen (secondary N) is 1. The maximum absolute atomic E-state index is 12.8. The van der Waals surface area contributed by atoms with Gasteiger partial charge in [-0.15, -0.1) is 0 Å². The molecule has 7 nitrogen and oxygen atoms in total. The summed E-state index contributed by atoms with van der Waals surface area (Å²) in [6.07, 6.45) is 0. The van der Waals surface area contributed by atoms with Gasteiger partial charge in [-0.2, -0.15) is 0 Å². The summed E-state index contributed by atoms with van der Waals surface area (Å²) in [5, 5.41) is 15.4. The third-order valence-corrected chi connectivity index (χ3v) is 6.40. The summed E-state index contributed by atoms with van der Waals surface area (Å²) in [4.78, 5) is 28.3. The number of piperazine rings is 1. The van der Waals surface area contributed by atoms with Crippen LogP contribution in [0.15, 0.2) is 66.7 Å². The Balaban J connectivity index is 1.48. The van der Waals surface area contributed by atoms with Crippen LogP contribution in [0.5, 0.6) is 0 Å². The van der Waals surface area contributed by atoms with Crippen molar-refractivity contribution in [1.29, 1.82) is 0 Å². The van der Waals surface area contributed by atoms with Crippen LogP contribution in [0, 0.1) is 10.1 Å². The second kappa shape index (κ2) is 10.1. The molecule has 3 aromatic rings. The quantitative estimate of drug-likeness (QED) is 0.350. The third-order valence-electron chi connectivity index (χ3n) is 6.08. The van der Waals surface area contributed by atoms with E-state index in [1.807, 2.05) is 53.4 Å². The fourth-order valence-corrected chi connectivity index (χ4v) is 4.38. The van der Waals surface area contributed by atoms with E-state index in [1.165, 1.54) is 11.6 Å². The number of nitro benzene ring substituents is 1. The Kier molecular flexibility index (Phi) is 7.03. The van der Waals surface area contributed by atoms with Gasteiger partial charge in [0.25, 0.3) is 11.6 Å². The van der Waals surface area contributed by atoms with Crippen molar-refractivity contribution in [1.82, 2.24) is 0 Å². The number of hydrogen-bond acceptors (Lipinski definition) is 5. The second-order valence-electron chi connectivity index (χ2n) is 8.62. The summed E-state index contributed by atoms with van der Waals surface area (Å²) in [5.41, 5.74) is 3.48. The van der Waals surface area contributed by atoms with Crippen LogP contribution >= 0.6 is 11.6 Å². The van der Waals surface area contributed by atoms with Gasteiger partial charge in [0, 0.05) is 43.5 Å². The van der Waals surface area contributed by atoms with E-state index >= 15 is 0 Å². The zero-order valence-electron chi connectivity index (χ0n) is 19.2. The Labute approximate surface area is 204 Å². The largest absolute Gasteiger partial charge is 0.367 e. The van der Waals surface area contributed by atoms with Gasteiger partial charge in [-0.1, -0.05) is 49.7 Å². The topological polar surface area (TPSA) is 78.7 Å². The van der Waals surface area contributed by atoms with E-state index in [4.69, 9.17) is 11.6 Å². The van der Waals surface area contributed by atoms with Crippen molar-refractivity contribution < 1.29 is 9.72 Å². The first-order valence-corrected chi connectivity index (χ1v) is 11.7. The number of amides is 1. The van der Waals surface area contributed by atoms with Crippen LogP contribution in [0.3, 0.4) is 0 Å². The van der Waals surface area contributed by atoms with Gasteiger partial charge in [-0.3, -0.25) is 14.9 Å². The summed E-state index contributed by atoms with van der Waals surface area (Å²) in [6.45, 7) is 6.81. The maximum atomic E-state index is 12.8. The molecular weight excluding hydrogens is 452 g/mol. The number of nitrogens with zero attached hydrogens (tertiary/aromatic N) is 3. The SMILES string of the molecule is CC(C)c1ccc(NC(=O)c2ccc(N3CCN(c4ccccc4Cl)CC3)c([N+](=O)[O-])c2)cc1. The van der Waals surface area contributed by atoms with Crippen LogP contribution in [0.25, 0.3) is 0 Å². The van der Waals surface area contributed by atoms with Gasteiger partial charge in [0.1, 0.15) is 5.69 Å². The molecule has 0 unspecified atom stereocenters. The summed E-state index contributed by atoms with van der Waals surface area (Å²) in [5.74, 6) is 0.0157. The molecule has 0 aliphatic carbocycles. The first-order valence-electron chi connectivity index (χ1n) is 11.3. The molecular formula is C26H27ClN4O3. The molecule has 1 N–H and O–H groups in total. The van der Waals surface area contributed by atoms with E-state index in [2.05, 4.69) is 24.1 Å². The Hall–Kier alpha value is -3.58. The average Bonchev–Trinajstić information content (AvgIpc) is 2.84. The Morgan fingerprint density at radius 1 is 0.941 bits per heavy atom. The van der Waals surface area contributed by atoms with Crippen molar-refractivity contribution >= 4 is 40.3 Å². The lowest BCUT2D eigenvalue weighted by Gasteiger charge is -2.37. The van der Waals surface area contributed by atoms with Crippen LogP contribution in [0.4, 0.5) is 22.7 Å². The van der Waals surface area contributed by atoms with Crippen LogP contribution in [0.2, 0.25) is 5.02 Å². The lowest BCUT2D eigenvalue weighted by atomic mass is 10.0. The van der Waals surface area contributed by atoms with Crippen molar-refractivity contribution in [3.8, 4) is 0 Å². The minimum Gasteiger partial charge on any atom is -0.367 e. The highest BCUT2D eigenvalue weighted by molar-refractivity contribution is 6.33. The lowest BCUT2D eigenvalue weighted by molar-refractivity contribution is -0.384. The van der Waals surface area contributed by atoms with Gasteiger partial charge in [-0.05, 0) is 47.9 Å². The molecule has 8 heteroatoms. The first-order chi connectivity index (χ1) is 16.3. The molecule has 1 fully saturated rings. The Bertz CT molecular complexity index is 1190. The molecule has 1 aliphatic rings. The van der Waals surface area contributed by atoms with Crippen LogP contribution < -0.4 is 15.1 Å². The molecule has 176 valence electrons. The van der Waals surface area contributed by atoms with E-state index in [9.17, 15) is 14.9 Å². The maximum Gasteiger partial charge on any atom is 0.293 e. The molecule has 3 aromatic carbocycles. The van der Waals surface area contributed by atoms with E-state index < -0.39 is 4.92 Å². The van der Waals surface area contributed by atoms with Gasteiger partial charge in [0.15, 0.2) is 0 Å². The summed E-state index contributed by atoms with van der Waals surface area (Å²) in [7, 11) is 0. The molecule has 4 rings (SSSR count). The monoisotopic (exact) mass is 478 g/mol. The number of benzene rings is 3. The van der Waals surface area contributed by atoms with Crippen molar-refractivity contribution in [2.24, 2.45) is 0 Å². The molecule has 34 heavy (non-hydrogen) atoms. The minimum atomic E-state index is -0.427. The highest BCUT2D eigenvalue weighted by Crippen LogP contribution is 2.32. The summed E-state index contributed by atoms with van der Waals surface area (Å²) >= 11 is 6.32. The van der Waals surface area contributed by atoms with E-state index in [-0.39, 0.29) is 17.2 Å². The van der Waals surface area contributed by atoms with Gasteiger partial charge < -0.3 is 15.1 Å². The van der Waals surface area contributed by atoms with Crippen molar-refractivity contribution in [2.45, 2.75) is 19.8 Å². The standard InChI is InChI=1S/C26H27ClN4O3/c1-18(2)19-7-10-21(11-8-19)28-26(32)20-9-12-24(25(17-20)31(33)34)30-15-13-29(14-16-30)23-6-4-3-5-22(23)27/h3-12,17-18H,13-16H2,1-2H3,(H,28,32). The predicted molar refractivity (Wildman–Crippen MR) is 137 cm³/mol. The molecule has 0 aromatic heterocycles. The first kappa shape index (κ1) is 23.6. The normalized spacial score (nSPS) is 13.8. The van der Waals surface area contributed by atoms with Crippen LogP contribution in [0.1, 0.15) is 35.7 Å². The summed E-state index contributed by atoms with van der Waals surface area (Å²) < 4.78 is 0. The van der Waals surface area contributed by atoms with Crippen molar-refractivity contribution in [3.63, 3.8) is 0 Å². The molecule has 0 radical (unpaired) electrons. The number of para-hydroxylation sites is 1. The number of halogens is 1. The van der Waals surface area contributed by atoms with Gasteiger partial charge in [-0.25, -0.2) is 0 Å². The number of carbonyl (C=O) groups is 1. The molecule has 0 bridgehead atoms. The lowest BCUT2D eigenvalue weighted by Crippen LogP contribution is -2.46. The number of nitro groups is 1. The minimum absolute atomic E-state index is 0.0750. The molecule has 0 atom stereocenters. The highest BCUT2D eigenvalue weighted by Gasteiger charge is 2.26. The average molecular weight is 479 g/mol. The Morgan fingerprint density at radius 3 is 2.15 bits per heavy atom. The number of carbonyl (C=O) groups excluding carboxylic acids is 1. The smallest absolute Gasteiger partial charge is 0.293 e. The highest BCUT2D eigenvalue weighted by atomic mass is 35.5. The van der Waals surface area contributed by atoms with E-state index in [0.717, 1.165) is 5.69 Å². The molecule has 0 saturated carbocycles. The third kappa shape index (κ3) is 5.15. The second-order valence-corrected chi connectivity index (χ2v) is 9.02. The fraction of sp³-hybridized carbons (Fsp3) is 0.269. The molecule has 0 spiro atoms. The molecule has 1 saturated heterocycles. The van der Waals surface area contributed by atoms with Crippen molar-refractivity contribution in [3.05, 3.63) is 93.0 Å². The fourth-order valence-electron chi connectivity index (χ4n) is 4.13. The molecule has 1 amide bonds. The van der Waals surface area contributed by atoms with Crippen LogP contribution in [-0.4, -0.2) is 37.0 Å². The number of rotatable bonds is 6. The zero-order chi connectivity index (χ0) is 24.2. The molecule has 1 heterocycles. The van der Waals surface area contributed by atoms with Gasteiger partial charge >= 0.3 is 0 Å². The van der Waals surface area contributed by atoms with Gasteiger partial charge in [0.05, 0.1) is 15.6 Å². The number of anilines is 3. The number of hydrogen-bond donors (Lipinski definition) is 1.